The first-order valence-corrected chi connectivity index (χ1v) is 9.34. The molecule has 124 valence electrons. The van der Waals surface area contributed by atoms with Crippen molar-refractivity contribution in [2.24, 2.45) is 5.92 Å². The molecule has 1 amide bonds. The minimum atomic E-state index is -0.147. The number of rotatable bonds is 4. The molecule has 3 atom stereocenters. The maximum absolute atomic E-state index is 12.5. The molecule has 1 aliphatic carbocycles. The Labute approximate surface area is 141 Å². The Balaban J connectivity index is 1.62. The Kier molecular flexibility index (Phi) is 4.95. The zero-order valence-corrected chi connectivity index (χ0v) is 14.9. The molecule has 2 N–H and O–H groups in total. The van der Waals surface area contributed by atoms with E-state index >= 15 is 0 Å². The van der Waals surface area contributed by atoms with E-state index in [4.69, 9.17) is 0 Å². The molecule has 0 saturated heterocycles. The Morgan fingerprint density at radius 1 is 1.39 bits per heavy atom. The first-order valence-electron chi connectivity index (χ1n) is 8.46. The second-order valence-electron chi connectivity index (χ2n) is 6.70. The number of thioether (sulfide) groups is 1. The van der Waals surface area contributed by atoms with Crippen molar-refractivity contribution in [3.63, 3.8) is 0 Å². The van der Waals surface area contributed by atoms with Crippen molar-refractivity contribution in [3.05, 3.63) is 23.8 Å². The highest BCUT2D eigenvalue weighted by Gasteiger charge is 2.25. The normalized spacial score (nSPS) is 22.9. The first-order chi connectivity index (χ1) is 11.0. The van der Waals surface area contributed by atoms with Crippen LogP contribution in [-0.4, -0.2) is 27.2 Å². The molecule has 0 radical (unpaired) electrons. The van der Waals surface area contributed by atoms with Crippen LogP contribution >= 0.6 is 11.8 Å². The van der Waals surface area contributed by atoms with Crippen LogP contribution in [0.2, 0.25) is 0 Å². The lowest BCUT2D eigenvalue weighted by atomic mass is 9.86. The summed E-state index contributed by atoms with van der Waals surface area (Å²) >= 11 is 1.49. The molecular weight excluding hydrogens is 306 g/mol. The highest BCUT2D eigenvalue weighted by Crippen LogP contribution is 2.26. The van der Waals surface area contributed by atoms with Crippen molar-refractivity contribution >= 4 is 28.7 Å². The third kappa shape index (κ3) is 3.89. The predicted octanol–water partition coefficient (Wildman–Crippen LogP) is 4.05. The van der Waals surface area contributed by atoms with E-state index < -0.39 is 0 Å². The number of carbonyl (C=O) groups is 1. The number of imidazole rings is 1. The molecule has 0 aliphatic heterocycles. The van der Waals surface area contributed by atoms with Crippen LogP contribution in [-0.2, 0) is 4.79 Å². The lowest BCUT2D eigenvalue weighted by Gasteiger charge is -2.30. The molecule has 3 rings (SSSR count). The van der Waals surface area contributed by atoms with Crippen LogP contribution in [0.25, 0.3) is 11.0 Å². The zero-order chi connectivity index (χ0) is 16.4. The number of nitrogens with zero attached hydrogens (tertiary/aromatic N) is 1. The number of amides is 1. The number of fused-ring (bicyclic) bond motifs is 1. The third-order valence-electron chi connectivity index (χ3n) is 4.71. The molecule has 1 aliphatic rings. The van der Waals surface area contributed by atoms with E-state index in [2.05, 4.69) is 41.3 Å². The van der Waals surface area contributed by atoms with Gasteiger partial charge in [-0.05, 0) is 50.3 Å². The summed E-state index contributed by atoms with van der Waals surface area (Å²) in [7, 11) is 0. The highest BCUT2D eigenvalue weighted by atomic mass is 32.2. The van der Waals surface area contributed by atoms with E-state index in [1.807, 2.05) is 13.0 Å². The Bertz CT molecular complexity index is 697. The van der Waals surface area contributed by atoms with Gasteiger partial charge in [-0.1, -0.05) is 37.6 Å². The van der Waals surface area contributed by atoms with Gasteiger partial charge >= 0.3 is 0 Å². The van der Waals surface area contributed by atoms with Gasteiger partial charge in [0.1, 0.15) is 0 Å². The zero-order valence-electron chi connectivity index (χ0n) is 14.1. The van der Waals surface area contributed by atoms with E-state index in [1.54, 1.807) is 0 Å². The summed E-state index contributed by atoms with van der Waals surface area (Å²) in [5.74, 6) is 0.699. The van der Waals surface area contributed by atoms with Crippen molar-refractivity contribution < 1.29 is 4.79 Å². The van der Waals surface area contributed by atoms with Crippen LogP contribution < -0.4 is 5.32 Å². The second kappa shape index (κ2) is 6.95. The quantitative estimate of drug-likeness (QED) is 0.831. The fourth-order valence-corrected chi connectivity index (χ4v) is 4.04. The SMILES string of the molecule is Cc1ccc2nc(SC(C)C(=O)NC3CCCCC3C)[nH]c2c1. The molecule has 2 aromatic rings. The number of carbonyl (C=O) groups excluding carboxylic acids is 1. The van der Waals surface area contributed by atoms with Crippen LogP contribution in [0.4, 0.5) is 0 Å². The number of aryl methyl sites for hydroxylation is 1. The molecule has 1 fully saturated rings. The molecular formula is C18H25N3OS. The number of nitrogens with one attached hydrogen (secondary N) is 2. The summed E-state index contributed by atoms with van der Waals surface area (Å²) in [6, 6.07) is 6.48. The van der Waals surface area contributed by atoms with Crippen molar-refractivity contribution in [1.29, 1.82) is 0 Å². The van der Waals surface area contributed by atoms with Gasteiger partial charge in [0.2, 0.25) is 5.91 Å². The largest absolute Gasteiger partial charge is 0.352 e. The number of hydrogen-bond donors (Lipinski definition) is 2. The van der Waals surface area contributed by atoms with Crippen LogP contribution in [0.3, 0.4) is 0 Å². The predicted molar refractivity (Wildman–Crippen MR) is 95.7 cm³/mol. The summed E-state index contributed by atoms with van der Waals surface area (Å²) in [6.45, 7) is 6.25. The van der Waals surface area contributed by atoms with Gasteiger partial charge < -0.3 is 10.3 Å². The smallest absolute Gasteiger partial charge is 0.233 e. The summed E-state index contributed by atoms with van der Waals surface area (Å²) in [6.07, 6.45) is 4.83. The van der Waals surface area contributed by atoms with Crippen molar-refractivity contribution in [2.75, 3.05) is 0 Å². The monoisotopic (exact) mass is 331 g/mol. The van der Waals surface area contributed by atoms with Gasteiger partial charge in [0.05, 0.1) is 16.3 Å². The Hall–Kier alpha value is -1.49. The molecule has 5 heteroatoms. The van der Waals surface area contributed by atoms with Crippen LogP contribution in [0.5, 0.6) is 0 Å². The van der Waals surface area contributed by atoms with E-state index in [1.165, 1.54) is 36.6 Å². The number of hydrogen-bond acceptors (Lipinski definition) is 3. The van der Waals surface area contributed by atoms with Gasteiger partial charge in [-0.25, -0.2) is 4.98 Å². The van der Waals surface area contributed by atoms with Gasteiger partial charge in [0, 0.05) is 6.04 Å². The number of aromatic amines is 1. The molecule has 23 heavy (non-hydrogen) atoms. The average molecular weight is 331 g/mol. The summed E-state index contributed by atoms with van der Waals surface area (Å²) < 4.78 is 0. The molecule has 1 heterocycles. The van der Waals surface area contributed by atoms with E-state index in [0.717, 1.165) is 22.6 Å². The maximum Gasteiger partial charge on any atom is 0.233 e. The van der Waals surface area contributed by atoms with Crippen molar-refractivity contribution in [2.45, 2.75) is 62.9 Å². The van der Waals surface area contributed by atoms with Gasteiger partial charge in [-0.2, -0.15) is 0 Å². The van der Waals surface area contributed by atoms with Gasteiger partial charge in [0.15, 0.2) is 5.16 Å². The molecule has 4 nitrogen and oxygen atoms in total. The number of aromatic nitrogens is 2. The maximum atomic E-state index is 12.5. The molecule has 0 bridgehead atoms. The lowest BCUT2D eigenvalue weighted by molar-refractivity contribution is -0.121. The Morgan fingerprint density at radius 3 is 2.96 bits per heavy atom. The lowest BCUT2D eigenvalue weighted by Crippen LogP contribution is -2.44. The summed E-state index contributed by atoms with van der Waals surface area (Å²) in [4.78, 5) is 20.3. The fraction of sp³-hybridized carbons (Fsp3) is 0.556. The number of H-pyrrole nitrogens is 1. The summed E-state index contributed by atoms with van der Waals surface area (Å²) in [5.41, 5.74) is 3.18. The van der Waals surface area contributed by atoms with E-state index in [0.29, 0.717) is 12.0 Å². The summed E-state index contributed by atoms with van der Waals surface area (Å²) in [5, 5.41) is 3.89. The fourth-order valence-electron chi connectivity index (χ4n) is 3.21. The molecule has 1 aromatic heterocycles. The third-order valence-corrected chi connectivity index (χ3v) is 5.70. The second-order valence-corrected chi connectivity index (χ2v) is 8.03. The molecule has 3 unspecified atom stereocenters. The minimum Gasteiger partial charge on any atom is -0.352 e. The van der Waals surface area contributed by atoms with Gasteiger partial charge in [-0.15, -0.1) is 0 Å². The minimum absolute atomic E-state index is 0.116. The van der Waals surface area contributed by atoms with Crippen molar-refractivity contribution in [3.8, 4) is 0 Å². The van der Waals surface area contributed by atoms with Crippen molar-refractivity contribution in [1.82, 2.24) is 15.3 Å². The number of benzene rings is 1. The van der Waals surface area contributed by atoms with Gasteiger partial charge in [-0.3, -0.25) is 4.79 Å². The Morgan fingerprint density at radius 2 is 2.17 bits per heavy atom. The topological polar surface area (TPSA) is 57.8 Å². The van der Waals surface area contributed by atoms with Crippen LogP contribution in [0.15, 0.2) is 23.4 Å². The average Bonchev–Trinajstić information content (AvgIpc) is 2.90. The molecule has 1 aromatic carbocycles. The molecule has 1 saturated carbocycles. The molecule has 0 spiro atoms. The van der Waals surface area contributed by atoms with Crippen LogP contribution in [0.1, 0.15) is 45.1 Å². The van der Waals surface area contributed by atoms with E-state index in [-0.39, 0.29) is 11.2 Å². The highest BCUT2D eigenvalue weighted by molar-refractivity contribution is 8.00. The van der Waals surface area contributed by atoms with E-state index in [9.17, 15) is 4.79 Å². The van der Waals surface area contributed by atoms with Crippen LogP contribution in [0, 0.1) is 12.8 Å². The van der Waals surface area contributed by atoms with Gasteiger partial charge in [0.25, 0.3) is 0 Å². The standard InChI is InChI=1S/C18H25N3OS/c1-11-8-9-15-16(10-11)21-18(20-15)23-13(3)17(22)19-14-7-5-4-6-12(14)2/h8-10,12-14H,4-7H2,1-3H3,(H,19,22)(H,20,21). The first kappa shape index (κ1) is 16.4.